The molecule has 10 unspecified atom stereocenters. The van der Waals surface area contributed by atoms with E-state index in [0.29, 0.717) is 71.5 Å². The van der Waals surface area contributed by atoms with Crippen molar-refractivity contribution in [2.24, 2.45) is 35.5 Å². The lowest BCUT2D eigenvalue weighted by Crippen LogP contribution is -2.56. The summed E-state index contributed by atoms with van der Waals surface area (Å²) < 4.78 is 17.6. The zero-order chi connectivity index (χ0) is 48.4. The summed E-state index contributed by atoms with van der Waals surface area (Å²) in [6.07, 6.45) is 3.34. The molecule has 15 nitrogen and oxygen atoms in total. The first-order valence-corrected chi connectivity index (χ1v) is 24.2. The number of benzene rings is 1. The van der Waals surface area contributed by atoms with E-state index in [9.17, 15) is 28.8 Å². The summed E-state index contributed by atoms with van der Waals surface area (Å²) in [7, 11) is 5.01. The van der Waals surface area contributed by atoms with Crippen molar-refractivity contribution in [3.05, 3.63) is 35.9 Å². The zero-order valence-electron chi connectivity index (χ0n) is 41.4. The van der Waals surface area contributed by atoms with Gasteiger partial charge in [-0.05, 0) is 74.9 Å². The predicted octanol–water partition coefficient (Wildman–Crippen LogP) is 5.23. The summed E-state index contributed by atoms with van der Waals surface area (Å²) in [5.74, 6) is -2.80. The van der Waals surface area contributed by atoms with Gasteiger partial charge in [0.05, 0.1) is 55.9 Å². The van der Waals surface area contributed by atoms with E-state index < -0.39 is 42.2 Å². The number of Topliss-reactive ketones (excluding diaryl/α,β-unsaturated/α-hetero) is 1. The van der Waals surface area contributed by atoms with Gasteiger partial charge in [0.15, 0.2) is 5.78 Å². The van der Waals surface area contributed by atoms with Crippen molar-refractivity contribution in [3.63, 3.8) is 0 Å². The lowest BCUT2D eigenvalue weighted by atomic mass is 9.79. The summed E-state index contributed by atoms with van der Waals surface area (Å²) in [5, 5.41) is 15.2. The van der Waals surface area contributed by atoms with Crippen LogP contribution in [0.4, 0.5) is 0 Å². The number of likely N-dealkylation sites (tertiary alicyclic amines) is 1. The van der Waals surface area contributed by atoms with Crippen LogP contribution in [0, 0.1) is 35.5 Å². The normalized spacial score (nSPS) is 19.8. The number of hydrogen-bond donors (Lipinski definition) is 3. The first-order valence-electron chi connectivity index (χ1n) is 24.2. The zero-order valence-corrected chi connectivity index (χ0v) is 41.4. The Bertz CT molecular complexity index is 1660. The average Bonchev–Trinajstić information content (AvgIpc) is 3.77. The molecular formula is C50H83N5O10. The van der Waals surface area contributed by atoms with Crippen molar-refractivity contribution in [1.82, 2.24) is 25.3 Å². The molecule has 3 N–H and O–H groups in total. The fraction of sp³-hybridized carbons (Fsp3) is 0.760. The van der Waals surface area contributed by atoms with Crippen LogP contribution < -0.4 is 10.6 Å². The highest BCUT2D eigenvalue weighted by Gasteiger charge is 2.42. The number of nitrogens with one attached hydrogen (secondary N) is 2. The molecule has 4 amide bonds. The quantitative estimate of drug-likeness (QED) is 0.100. The number of morpholine rings is 1. The molecule has 2 aliphatic rings. The summed E-state index contributed by atoms with van der Waals surface area (Å²) >= 11 is 0. The van der Waals surface area contributed by atoms with E-state index in [1.54, 1.807) is 26.0 Å². The Balaban J connectivity index is 1.71. The number of carbonyl (C=O) groups excluding carboxylic acids is 5. The molecule has 2 heterocycles. The van der Waals surface area contributed by atoms with Crippen LogP contribution in [0.5, 0.6) is 0 Å². The topological polar surface area (TPSA) is 184 Å². The number of hydrogen-bond acceptors (Lipinski definition) is 10. The predicted molar refractivity (Wildman–Crippen MR) is 251 cm³/mol. The largest absolute Gasteiger partial charge is 0.481 e. The summed E-state index contributed by atoms with van der Waals surface area (Å²) in [4.78, 5) is 86.6. The number of amides is 4. The molecule has 0 aliphatic carbocycles. The van der Waals surface area contributed by atoms with E-state index in [1.807, 2.05) is 81.8 Å². The summed E-state index contributed by atoms with van der Waals surface area (Å²) in [6, 6.07) is 7.28. The molecule has 10 atom stereocenters. The number of ether oxygens (including phenoxy) is 3. The fourth-order valence-electron chi connectivity index (χ4n) is 9.81. The Hall–Kier alpha value is -3.92. The highest BCUT2D eigenvalue weighted by Crippen LogP contribution is 2.33. The van der Waals surface area contributed by atoms with Crippen LogP contribution >= 0.6 is 0 Å². The van der Waals surface area contributed by atoms with Gasteiger partial charge in [-0.25, -0.2) is 0 Å². The molecular weight excluding hydrogens is 831 g/mol. The molecule has 0 saturated carbocycles. The highest BCUT2D eigenvalue weighted by molar-refractivity contribution is 5.92. The Morgan fingerprint density at radius 1 is 0.877 bits per heavy atom. The van der Waals surface area contributed by atoms with Gasteiger partial charge < -0.3 is 39.8 Å². The molecule has 2 saturated heterocycles. The van der Waals surface area contributed by atoms with Crippen molar-refractivity contribution < 1.29 is 48.1 Å². The maximum Gasteiger partial charge on any atom is 0.303 e. The van der Waals surface area contributed by atoms with Crippen LogP contribution in [0.1, 0.15) is 112 Å². The van der Waals surface area contributed by atoms with E-state index >= 15 is 0 Å². The number of carboxylic acids is 1. The molecule has 368 valence electrons. The highest BCUT2D eigenvalue weighted by atomic mass is 16.5. The van der Waals surface area contributed by atoms with Crippen LogP contribution in [0.3, 0.4) is 0 Å². The maximum atomic E-state index is 14.4. The van der Waals surface area contributed by atoms with Gasteiger partial charge in [0, 0.05) is 52.6 Å². The lowest BCUT2D eigenvalue weighted by Gasteiger charge is -2.37. The number of rotatable bonds is 28. The monoisotopic (exact) mass is 914 g/mol. The van der Waals surface area contributed by atoms with Gasteiger partial charge in [-0.1, -0.05) is 92.1 Å². The maximum absolute atomic E-state index is 14.4. The van der Waals surface area contributed by atoms with Crippen molar-refractivity contribution >= 4 is 35.4 Å². The number of aliphatic carboxylic acids is 1. The van der Waals surface area contributed by atoms with Crippen LogP contribution in [0.25, 0.3) is 0 Å². The van der Waals surface area contributed by atoms with Gasteiger partial charge in [0.25, 0.3) is 0 Å². The third kappa shape index (κ3) is 16.4. The number of nitrogens with zero attached hydrogens (tertiary/aromatic N) is 3. The Morgan fingerprint density at radius 2 is 1.54 bits per heavy atom. The van der Waals surface area contributed by atoms with Crippen molar-refractivity contribution in [3.8, 4) is 0 Å². The Kier molecular flexibility index (Phi) is 23.6. The second kappa shape index (κ2) is 27.7. The van der Waals surface area contributed by atoms with E-state index in [2.05, 4.69) is 24.5 Å². The molecule has 1 aromatic carbocycles. The number of likely N-dealkylation sites (N-methyl/N-ethyl adjacent to an activating group) is 1. The molecule has 15 heteroatoms. The second-order valence-electron chi connectivity index (χ2n) is 19.3. The van der Waals surface area contributed by atoms with Crippen molar-refractivity contribution in [2.45, 2.75) is 150 Å². The Morgan fingerprint density at radius 3 is 2.11 bits per heavy atom. The first kappa shape index (κ1) is 55.4. The van der Waals surface area contributed by atoms with Crippen LogP contribution in [0.2, 0.25) is 0 Å². The minimum absolute atomic E-state index is 0.0154. The number of ketones is 1. The minimum Gasteiger partial charge on any atom is -0.481 e. The first-order chi connectivity index (χ1) is 30.9. The van der Waals surface area contributed by atoms with Gasteiger partial charge >= 0.3 is 5.97 Å². The standard InChI is InChI=1S/C50H83N5O10/c1-12-34(6)38(23-22-35(7)46(59)44(32(2)3)52-49(61)45(33(4)5)53(9)24-17-21-43(57)58)41(63-10)31-42(56)55-25-16-20-40(55)47(64-11)36(8)48(60)51-39(30-37-18-14-13-15-19-37)50(62)54-26-28-65-29-27-54/h13-15,18-19,32-36,38-41,44-45,47H,12,16-17,20-31H2,1-11H3,(H,51,60)(H,52,61)(H,57,58). The van der Waals surface area contributed by atoms with Gasteiger partial charge in [-0.3, -0.25) is 33.7 Å². The molecule has 0 radical (unpaired) electrons. The van der Waals surface area contributed by atoms with E-state index in [4.69, 9.17) is 19.3 Å². The third-order valence-corrected chi connectivity index (χ3v) is 13.9. The van der Waals surface area contributed by atoms with E-state index in [-0.39, 0.29) is 77.9 Å². The molecule has 1 aromatic rings. The van der Waals surface area contributed by atoms with Gasteiger partial charge in [0.2, 0.25) is 23.6 Å². The van der Waals surface area contributed by atoms with Gasteiger partial charge in [-0.2, -0.15) is 0 Å². The van der Waals surface area contributed by atoms with E-state index in [1.165, 1.54) is 0 Å². The lowest BCUT2D eigenvalue weighted by molar-refractivity contribution is -0.144. The second-order valence-corrected chi connectivity index (χ2v) is 19.3. The molecule has 2 aliphatic heterocycles. The van der Waals surface area contributed by atoms with Crippen molar-refractivity contribution in [2.75, 3.05) is 60.7 Å². The Labute approximate surface area is 389 Å². The number of methoxy groups -OCH3 is 2. The summed E-state index contributed by atoms with van der Waals surface area (Å²) in [6.45, 7) is 18.5. The number of carboxylic acid groups (broad SMARTS) is 1. The van der Waals surface area contributed by atoms with E-state index in [0.717, 1.165) is 18.4 Å². The van der Waals surface area contributed by atoms with Gasteiger partial charge in [0.1, 0.15) is 6.04 Å². The number of carbonyl (C=O) groups is 6. The molecule has 0 spiro atoms. The smallest absolute Gasteiger partial charge is 0.303 e. The molecule has 3 rings (SSSR count). The average molecular weight is 914 g/mol. The van der Waals surface area contributed by atoms with Crippen molar-refractivity contribution in [1.29, 1.82) is 0 Å². The molecule has 2 fully saturated rings. The molecule has 0 bridgehead atoms. The SMILES string of the molecule is CCC(C)C(CCC(C)C(=O)C(NC(=O)C(C(C)C)N(C)CCCC(=O)O)C(C)C)C(CC(=O)N1CCCC1C(OC)C(C)C(=O)NC(Cc1ccccc1)C(=O)N1CCOCC1)OC. The molecule has 65 heavy (non-hydrogen) atoms. The van der Waals surface area contributed by atoms with Crippen LogP contribution in [-0.2, 0) is 49.4 Å². The summed E-state index contributed by atoms with van der Waals surface area (Å²) in [5.41, 5.74) is 0.934. The molecule has 0 aromatic heterocycles. The third-order valence-electron chi connectivity index (χ3n) is 13.9. The van der Waals surface area contributed by atoms with Crippen LogP contribution in [-0.4, -0.2) is 152 Å². The fourth-order valence-corrected chi connectivity index (χ4v) is 9.81. The minimum atomic E-state index is -0.879. The van der Waals surface area contributed by atoms with Crippen LogP contribution in [0.15, 0.2) is 30.3 Å². The van der Waals surface area contributed by atoms with Gasteiger partial charge in [-0.15, -0.1) is 0 Å².